The van der Waals surface area contributed by atoms with Gasteiger partial charge in [0.2, 0.25) is 0 Å². The molecule has 3 heterocycles. The van der Waals surface area contributed by atoms with Crippen LogP contribution in [0.15, 0.2) is 76.2 Å². The van der Waals surface area contributed by atoms with Crippen LogP contribution >= 0.6 is 0 Å². The summed E-state index contributed by atoms with van der Waals surface area (Å²) >= 11 is 0. The van der Waals surface area contributed by atoms with Crippen molar-refractivity contribution >= 4 is 33.7 Å². The second kappa shape index (κ2) is 8.57. The van der Waals surface area contributed by atoms with Crippen molar-refractivity contribution in [2.24, 2.45) is 0 Å². The summed E-state index contributed by atoms with van der Waals surface area (Å²) in [5, 5.41) is 3.55. The van der Waals surface area contributed by atoms with Gasteiger partial charge in [0, 0.05) is 24.8 Å². The summed E-state index contributed by atoms with van der Waals surface area (Å²) in [5.74, 6) is 1.94. The Morgan fingerprint density at radius 3 is 2.62 bits per heavy atom. The lowest BCUT2D eigenvalue weighted by Crippen LogP contribution is -2.38. The highest BCUT2D eigenvalue weighted by Gasteiger charge is 2.21. The number of fused-ring (bicyclic) bond motifs is 1. The smallest absolute Gasteiger partial charge is 0.257 e. The highest BCUT2D eigenvalue weighted by Crippen LogP contribution is 2.34. The van der Waals surface area contributed by atoms with Gasteiger partial charge in [-0.05, 0) is 67.9 Å². The number of carbonyl (C=O) groups excluding carboxylic acids is 1. The van der Waals surface area contributed by atoms with E-state index in [1.807, 2.05) is 17.3 Å². The number of benzene rings is 2. The monoisotopic (exact) mass is 447 g/mol. The number of nitrogens with zero attached hydrogens (tertiary/aromatic N) is 2. The maximum atomic E-state index is 12.8. The average Bonchev–Trinajstić information content (AvgIpc) is 3.14. The zero-order valence-corrected chi connectivity index (χ0v) is 18.2. The van der Waals surface area contributed by atoms with Crippen LogP contribution in [0.2, 0.25) is 0 Å². The molecule has 7 nitrogen and oxygen atoms in total. The van der Waals surface area contributed by atoms with Crippen LogP contribution in [0, 0.1) is 6.92 Å². The number of anilines is 1. The van der Waals surface area contributed by atoms with Gasteiger partial charge in [0.1, 0.15) is 39.6 Å². The molecule has 1 unspecified atom stereocenters. The molecule has 1 aliphatic rings. The number of nitrogens with one attached hydrogen (secondary N) is 1. The van der Waals surface area contributed by atoms with E-state index < -0.39 is 11.0 Å². The van der Waals surface area contributed by atoms with E-state index in [9.17, 15) is 9.00 Å². The predicted molar refractivity (Wildman–Crippen MR) is 122 cm³/mol. The first-order chi connectivity index (χ1) is 15.6. The van der Waals surface area contributed by atoms with Crippen molar-refractivity contribution in [3.63, 3.8) is 0 Å². The maximum Gasteiger partial charge on any atom is 0.257 e. The zero-order valence-electron chi connectivity index (χ0n) is 17.4. The van der Waals surface area contributed by atoms with E-state index in [2.05, 4.69) is 10.3 Å². The Balaban J connectivity index is 1.42. The number of hydrogen-bond acceptors (Lipinski definition) is 5. The lowest BCUT2D eigenvalue weighted by molar-refractivity contribution is 0.102. The molecule has 32 heavy (non-hydrogen) atoms. The number of amides is 1. The van der Waals surface area contributed by atoms with Crippen LogP contribution in [-0.4, -0.2) is 32.5 Å². The first kappa shape index (κ1) is 20.4. The third kappa shape index (κ3) is 4.15. The van der Waals surface area contributed by atoms with Crippen LogP contribution in [0.25, 0.3) is 11.0 Å². The number of ether oxygens (including phenoxy) is 1. The van der Waals surface area contributed by atoms with Crippen LogP contribution in [-0.2, 0) is 11.0 Å². The number of furan rings is 1. The Hall–Kier alpha value is -3.49. The molecule has 2 aromatic heterocycles. The van der Waals surface area contributed by atoms with E-state index in [-0.39, 0.29) is 5.91 Å². The van der Waals surface area contributed by atoms with Gasteiger partial charge in [0.05, 0.1) is 10.3 Å². The van der Waals surface area contributed by atoms with E-state index in [4.69, 9.17) is 9.15 Å². The van der Waals surface area contributed by atoms with Crippen LogP contribution in [0.3, 0.4) is 0 Å². The first-order valence-corrected chi connectivity index (χ1v) is 11.4. The molecule has 1 saturated heterocycles. The number of carbonyl (C=O) groups is 1. The molecule has 2 aromatic carbocycles. The molecule has 5 rings (SSSR count). The van der Waals surface area contributed by atoms with Crippen molar-refractivity contribution in [3.8, 4) is 11.5 Å². The van der Waals surface area contributed by atoms with Gasteiger partial charge in [-0.3, -0.25) is 4.79 Å². The third-order valence-corrected chi connectivity index (χ3v) is 6.70. The van der Waals surface area contributed by atoms with E-state index >= 15 is 0 Å². The molecule has 1 amide bonds. The molecule has 0 radical (unpaired) electrons. The highest BCUT2D eigenvalue weighted by atomic mass is 32.2. The van der Waals surface area contributed by atoms with Crippen molar-refractivity contribution in [2.75, 3.05) is 18.4 Å². The van der Waals surface area contributed by atoms with Gasteiger partial charge in [-0.15, -0.1) is 0 Å². The molecule has 4 aromatic rings. The molecular formula is C24H21N3O4S. The highest BCUT2D eigenvalue weighted by molar-refractivity contribution is 7.82. The van der Waals surface area contributed by atoms with Crippen molar-refractivity contribution in [2.45, 2.75) is 18.2 Å². The van der Waals surface area contributed by atoms with Gasteiger partial charge in [0.25, 0.3) is 5.91 Å². The fraction of sp³-hybridized carbons (Fsp3) is 0.167. The number of aromatic nitrogens is 1. The Bertz CT molecular complexity index is 1300. The van der Waals surface area contributed by atoms with Crippen LogP contribution in [0.1, 0.15) is 22.5 Å². The normalized spacial score (nSPS) is 14.7. The predicted octanol–water partition coefficient (Wildman–Crippen LogP) is 4.91. The Morgan fingerprint density at radius 2 is 1.94 bits per heavy atom. The summed E-state index contributed by atoms with van der Waals surface area (Å²) in [6.07, 6.45) is 2.69. The third-order valence-electron chi connectivity index (χ3n) is 5.19. The molecule has 1 aliphatic heterocycles. The standard InChI is InChI=1S/C24H21N3O4S/c1-16-13-20-21(30-16)14-17(24(28)26-23-5-2-3-10-25-23)15-22(20)31-18-6-8-19(9-7-18)32(29)27-11-4-12-27/h2-3,5-10,13-15H,4,11-12H2,1H3,(H,25,26,28). The number of hydrogen-bond donors (Lipinski definition) is 1. The summed E-state index contributed by atoms with van der Waals surface area (Å²) in [5.41, 5.74) is 0.949. The van der Waals surface area contributed by atoms with Gasteiger partial charge in [-0.1, -0.05) is 6.07 Å². The lowest BCUT2D eigenvalue weighted by atomic mass is 10.1. The molecule has 8 heteroatoms. The van der Waals surface area contributed by atoms with Crippen LogP contribution in [0.5, 0.6) is 11.5 Å². The summed E-state index contributed by atoms with van der Waals surface area (Å²) in [4.78, 5) is 17.7. The summed E-state index contributed by atoms with van der Waals surface area (Å²) in [6, 6.07) is 17.7. The second-order valence-corrected chi connectivity index (χ2v) is 9.00. The Kier molecular flexibility index (Phi) is 5.46. The Morgan fingerprint density at radius 1 is 1.12 bits per heavy atom. The van der Waals surface area contributed by atoms with Crippen molar-refractivity contribution < 1.29 is 18.2 Å². The number of rotatable bonds is 6. The molecule has 1 fully saturated rings. The molecule has 1 N–H and O–H groups in total. The molecule has 1 atom stereocenters. The van der Waals surface area contributed by atoms with Gasteiger partial charge >= 0.3 is 0 Å². The number of pyridine rings is 1. The van der Waals surface area contributed by atoms with E-state index in [0.29, 0.717) is 34.2 Å². The zero-order chi connectivity index (χ0) is 22.1. The second-order valence-electron chi connectivity index (χ2n) is 7.52. The van der Waals surface area contributed by atoms with Gasteiger partial charge < -0.3 is 14.5 Å². The van der Waals surface area contributed by atoms with Gasteiger partial charge in [0.15, 0.2) is 0 Å². The molecule has 0 aliphatic carbocycles. The largest absolute Gasteiger partial charge is 0.461 e. The van der Waals surface area contributed by atoms with E-state index in [1.54, 1.807) is 60.8 Å². The quantitative estimate of drug-likeness (QED) is 0.454. The van der Waals surface area contributed by atoms with Gasteiger partial charge in [-0.2, -0.15) is 0 Å². The molecule has 0 bridgehead atoms. The summed E-state index contributed by atoms with van der Waals surface area (Å²) < 4.78 is 26.3. The molecule has 0 saturated carbocycles. The van der Waals surface area contributed by atoms with Crippen molar-refractivity contribution in [3.05, 3.63) is 78.2 Å². The maximum absolute atomic E-state index is 12.8. The fourth-order valence-electron chi connectivity index (χ4n) is 3.43. The van der Waals surface area contributed by atoms with E-state index in [1.165, 1.54) is 0 Å². The minimum Gasteiger partial charge on any atom is -0.461 e. The van der Waals surface area contributed by atoms with Crippen LogP contribution in [0.4, 0.5) is 5.82 Å². The van der Waals surface area contributed by atoms with Crippen LogP contribution < -0.4 is 10.1 Å². The van der Waals surface area contributed by atoms with E-state index in [0.717, 1.165) is 29.8 Å². The minimum atomic E-state index is -1.14. The minimum absolute atomic E-state index is 0.315. The first-order valence-electron chi connectivity index (χ1n) is 10.3. The fourth-order valence-corrected chi connectivity index (χ4v) is 4.68. The van der Waals surface area contributed by atoms with Crippen molar-refractivity contribution in [1.82, 2.24) is 9.29 Å². The number of aryl methyl sites for hydroxylation is 1. The average molecular weight is 448 g/mol. The van der Waals surface area contributed by atoms with Gasteiger partial charge in [-0.25, -0.2) is 13.5 Å². The summed E-state index contributed by atoms with van der Waals surface area (Å²) in [6.45, 7) is 3.56. The molecular weight excluding hydrogens is 426 g/mol. The Labute approximate surface area is 187 Å². The topological polar surface area (TPSA) is 84.7 Å². The lowest BCUT2D eigenvalue weighted by Gasteiger charge is -2.28. The molecule has 0 spiro atoms. The van der Waals surface area contributed by atoms with Crippen molar-refractivity contribution in [1.29, 1.82) is 0 Å². The summed E-state index contributed by atoms with van der Waals surface area (Å²) in [7, 11) is -1.14. The molecule has 162 valence electrons. The SMILES string of the molecule is Cc1cc2c(Oc3ccc(S(=O)N4CCC4)cc3)cc(C(=O)Nc3ccccn3)cc2o1.